The molecule has 6 heteroatoms. The average Bonchev–Trinajstić information content (AvgIpc) is 3.21. The van der Waals surface area contributed by atoms with E-state index in [-0.39, 0.29) is 12.1 Å². The van der Waals surface area contributed by atoms with Gasteiger partial charge in [-0.15, -0.1) is 0 Å². The van der Waals surface area contributed by atoms with Crippen LogP contribution in [-0.4, -0.2) is 51.4 Å². The Balaban J connectivity index is 1.72. The second kappa shape index (κ2) is 9.46. The van der Waals surface area contributed by atoms with Crippen LogP contribution < -0.4 is 15.0 Å². The van der Waals surface area contributed by atoms with E-state index in [0.29, 0.717) is 24.5 Å². The molecule has 1 atom stereocenters. The summed E-state index contributed by atoms with van der Waals surface area (Å²) in [6, 6.07) is 15.5. The summed E-state index contributed by atoms with van der Waals surface area (Å²) in [5.74, 6) is 0.711. The lowest BCUT2D eigenvalue weighted by Gasteiger charge is -2.26. The summed E-state index contributed by atoms with van der Waals surface area (Å²) in [4.78, 5) is 16.9. The Hall–Kier alpha value is -2.73. The summed E-state index contributed by atoms with van der Waals surface area (Å²) >= 11 is 0. The topological polar surface area (TPSA) is 54.0 Å². The van der Waals surface area contributed by atoms with Crippen LogP contribution in [0.2, 0.25) is 0 Å². The molecule has 2 aromatic carbocycles. The van der Waals surface area contributed by atoms with Gasteiger partial charge in [0.2, 0.25) is 0 Å². The van der Waals surface area contributed by atoms with Crippen LogP contribution in [-0.2, 0) is 11.3 Å². The average molecular weight is 383 g/mol. The normalized spacial score (nSPS) is 15.9. The van der Waals surface area contributed by atoms with E-state index >= 15 is 0 Å². The van der Waals surface area contributed by atoms with Gasteiger partial charge in [0.15, 0.2) is 0 Å². The van der Waals surface area contributed by atoms with Crippen molar-refractivity contribution in [2.24, 2.45) is 0 Å². The maximum absolute atomic E-state index is 13.0. The molecule has 0 aromatic heterocycles. The first-order valence-corrected chi connectivity index (χ1v) is 9.63. The summed E-state index contributed by atoms with van der Waals surface area (Å²) in [5, 5.41) is 2.98. The van der Waals surface area contributed by atoms with Gasteiger partial charge in [-0.2, -0.15) is 0 Å². The molecular weight excluding hydrogens is 354 g/mol. The molecule has 1 saturated heterocycles. The molecular formula is C22H29N3O3. The highest BCUT2D eigenvalue weighted by atomic mass is 16.5. The number of urea groups is 1. The van der Waals surface area contributed by atoms with Crippen molar-refractivity contribution in [2.45, 2.75) is 25.5 Å². The van der Waals surface area contributed by atoms with E-state index in [1.165, 1.54) is 0 Å². The summed E-state index contributed by atoms with van der Waals surface area (Å²) in [5.41, 5.74) is 2.93. The largest absolute Gasteiger partial charge is 0.497 e. The number of hydrogen-bond acceptors (Lipinski definition) is 4. The summed E-state index contributed by atoms with van der Waals surface area (Å²) < 4.78 is 11.0. The van der Waals surface area contributed by atoms with Crippen molar-refractivity contribution >= 4 is 17.4 Å². The zero-order valence-electron chi connectivity index (χ0n) is 16.9. The first-order chi connectivity index (χ1) is 13.5. The zero-order chi connectivity index (χ0) is 19.9. The van der Waals surface area contributed by atoms with Crippen LogP contribution in [0.3, 0.4) is 0 Å². The molecule has 1 N–H and O–H groups in total. The van der Waals surface area contributed by atoms with Gasteiger partial charge in [-0.1, -0.05) is 18.2 Å². The van der Waals surface area contributed by atoms with Crippen molar-refractivity contribution in [1.82, 2.24) is 4.90 Å². The molecule has 1 aliphatic rings. The Morgan fingerprint density at radius 3 is 2.64 bits per heavy atom. The quantitative estimate of drug-likeness (QED) is 0.786. The molecule has 0 spiro atoms. The fourth-order valence-electron chi connectivity index (χ4n) is 3.28. The second-order valence-electron chi connectivity index (χ2n) is 7.24. The predicted molar refractivity (Wildman–Crippen MR) is 112 cm³/mol. The van der Waals surface area contributed by atoms with E-state index < -0.39 is 0 Å². The van der Waals surface area contributed by atoms with Crippen LogP contribution in [0.4, 0.5) is 16.2 Å². The van der Waals surface area contributed by atoms with E-state index in [2.05, 4.69) is 34.5 Å². The van der Waals surface area contributed by atoms with E-state index in [1.807, 2.05) is 43.3 Å². The highest BCUT2D eigenvalue weighted by Crippen LogP contribution is 2.20. The van der Waals surface area contributed by atoms with Gasteiger partial charge in [-0.25, -0.2) is 4.79 Å². The van der Waals surface area contributed by atoms with Crippen molar-refractivity contribution in [3.05, 3.63) is 54.1 Å². The lowest BCUT2D eigenvalue weighted by atomic mass is 10.1. The third-order valence-electron chi connectivity index (χ3n) is 4.88. The van der Waals surface area contributed by atoms with Crippen molar-refractivity contribution in [1.29, 1.82) is 0 Å². The number of benzene rings is 2. The van der Waals surface area contributed by atoms with Gasteiger partial charge < -0.3 is 24.6 Å². The van der Waals surface area contributed by atoms with E-state index in [0.717, 1.165) is 30.7 Å². The smallest absolute Gasteiger partial charge is 0.322 e. The number of ether oxygens (including phenoxy) is 2. The number of carbonyl (C=O) groups excluding carboxylic acids is 1. The molecule has 0 bridgehead atoms. The highest BCUT2D eigenvalue weighted by molar-refractivity contribution is 5.89. The first-order valence-electron chi connectivity index (χ1n) is 9.63. The molecule has 150 valence electrons. The summed E-state index contributed by atoms with van der Waals surface area (Å²) in [7, 11) is 5.64. The van der Waals surface area contributed by atoms with Gasteiger partial charge in [-0.3, -0.25) is 0 Å². The molecule has 1 heterocycles. The lowest BCUT2D eigenvalue weighted by Crippen LogP contribution is -2.39. The minimum Gasteiger partial charge on any atom is -0.497 e. The highest BCUT2D eigenvalue weighted by Gasteiger charge is 2.23. The number of rotatable bonds is 7. The van der Waals surface area contributed by atoms with Crippen molar-refractivity contribution in [3.8, 4) is 5.75 Å². The number of nitrogens with one attached hydrogen (secondary N) is 1. The van der Waals surface area contributed by atoms with Gasteiger partial charge >= 0.3 is 6.03 Å². The molecule has 0 aliphatic carbocycles. The van der Waals surface area contributed by atoms with Crippen LogP contribution in [0.1, 0.15) is 18.4 Å². The number of anilines is 2. The zero-order valence-corrected chi connectivity index (χ0v) is 16.9. The molecule has 2 amide bonds. The van der Waals surface area contributed by atoms with Gasteiger partial charge in [-0.05, 0) is 42.7 Å². The van der Waals surface area contributed by atoms with E-state index in [4.69, 9.17) is 9.47 Å². The lowest BCUT2D eigenvalue weighted by molar-refractivity contribution is 0.0819. The molecule has 6 nitrogen and oxygen atoms in total. The fourth-order valence-corrected chi connectivity index (χ4v) is 3.28. The third kappa shape index (κ3) is 5.39. The minimum atomic E-state index is -0.138. The predicted octanol–water partition coefficient (Wildman–Crippen LogP) is 3.97. The van der Waals surface area contributed by atoms with Crippen LogP contribution >= 0.6 is 0 Å². The summed E-state index contributed by atoms with van der Waals surface area (Å²) in [6.45, 7) is 1.88. The molecule has 1 fully saturated rings. The van der Waals surface area contributed by atoms with Crippen molar-refractivity contribution in [3.63, 3.8) is 0 Å². The van der Waals surface area contributed by atoms with Crippen LogP contribution in [0.15, 0.2) is 48.5 Å². The molecule has 28 heavy (non-hydrogen) atoms. The second-order valence-corrected chi connectivity index (χ2v) is 7.24. The number of methoxy groups -OCH3 is 1. The Labute approximate surface area is 167 Å². The maximum Gasteiger partial charge on any atom is 0.322 e. The van der Waals surface area contributed by atoms with Crippen molar-refractivity contribution < 1.29 is 14.3 Å². The SMILES string of the molecule is COc1cccc(NC(=O)N(Cc2ccc(N(C)C)cc2)CC2CCCO2)c1. The molecule has 0 saturated carbocycles. The third-order valence-corrected chi connectivity index (χ3v) is 4.88. The Morgan fingerprint density at radius 1 is 1.21 bits per heavy atom. The Kier molecular flexibility index (Phi) is 6.76. The first kappa shape index (κ1) is 20.0. The van der Waals surface area contributed by atoms with E-state index in [1.54, 1.807) is 7.11 Å². The van der Waals surface area contributed by atoms with E-state index in [9.17, 15) is 4.79 Å². The van der Waals surface area contributed by atoms with Gasteiger partial charge in [0, 0.05) is 51.2 Å². The molecule has 3 rings (SSSR count). The van der Waals surface area contributed by atoms with Crippen LogP contribution in [0, 0.1) is 0 Å². The Morgan fingerprint density at radius 2 is 2.00 bits per heavy atom. The van der Waals surface area contributed by atoms with Gasteiger partial charge in [0.1, 0.15) is 5.75 Å². The monoisotopic (exact) mass is 383 g/mol. The number of hydrogen-bond donors (Lipinski definition) is 1. The standard InChI is InChI=1S/C22H29N3O3/c1-24(2)19-11-9-17(10-12-19)15-25(16-21-8-5-13-28-21)22(26)23-18-6-4-7-20(14-18)27-3/h4,6-7,9-12,14,21H,5,8,13,15-16H2,1-3H3,(H,23,26). The number of carbonyl (C=O) groups is 1. The minimum absolute atomic E-state index is 0.0945. The fraction of sp³-hybridized carbons (Fsp3) is 0.409. The molecule has 0 radical (unpaired) electrons. The van der Waals surface area contributed by atoms with Crippen LogP contribution in [0.25, 0.3) is 0 Å². The van der Waals surface area contributed by atoms with Gasteiger partial charge in [0.05, 0.1) is 13.2 Å². The number of nitrogens with zero attached hydrogens (tertiary/aromatic N) is 2. The molecule has 2 aromatic rings. The van der Waals surface area contributed by atoms with Crippen LogP contribution in [0.5, 0.6) is 5.75 Å². The van der Waals surface area contributed by atoms with Crippen molar-refractivity contribution in [2.75, 3.05) is 44.6 Å². The Bertz CT molecular complexity index is 771. The number of amides is 2. The summed E-state index contributed by atoms with van der Waals surface area (Å²) in [6.07, 6.45) is 2.13. The molecule has 1 unspecified atom stereocenters. The van der Waals surface area contributed by atoms with Gasteiger partial charge in [0.25, 0.3) is 0 Å². The maximum atomic E-state index is 13.0. The molecule has 1 aliphatic heterocycles.